The summed E-state index contributed by atoms with van der Waals surface area (Å²) in [6, 6.07) is 9.04. The van der Waals surface area contributed by atoms with E-state index in [1.54, 1.807) is 25.1 Å². The first kappa shape index (κ1) is 16.7. The molecule has 0 spiro atoms. The van der Waals surface area contributed by atoms with Crippen molar-refractivity contribution in [1.29, 1.82) is 0 Å². The van der Waals surface area contributed by atoms with Gasteiger partial charge in [0.25, 0.3) is 0 Å². The average molecular weight is 340 g/mol. The van der Waals surface area contributed by atoms with E-state index in [2.05, 4.69) is 10.3 Å². The monoisotopic (exact) mass is 340 g/mol. The number of rotatable bonds is 4. The summed E-state index contributed by atoms with van der Waals surface area (Å²) in [5, 5.41) is 22.5. The highest BCUT2D eigenvalue weighted by molar-refractivity contribution is 5.96. The number of nitrogens with one attached hydrogen (secondary N) is 1. The summed E-state index contributed by atoms with van der Waals surface area (Å²) in [4.78, 5) is 15.7. The molecule has 0 saturated heterocycles. The summed E-state index contributed by atoms with van der Waals surface area (Å²) in [7, 11) is 0. The maximum atomic E-state index is 13.8. The molecule has 3 aromatic rings. The molecule has 128 valence electrons. The van der Waals surface area contributed by atoms with Crippen molar-refractivity contribution in [1.82, 2.24) is 4.98 Å². The molecule has 2 aromatic carbocycles. The molecule has 0 atom stereocenters. The molecule has 0 aliphatic carbocycles. The number of aryl methyl sites for hydroxylation is 2. The highest BCUT2D eigenvalue weighted by Gasteiger charge is 2.17. The number of phenolic OH excluding ortho intramolecular Hbond substituents is 1. The molecule has 25 heavy (non-hydrogen) atoms. The third kappa shape index (κ3) is 3.38. The lowest BCUT2D eigenvalue weighted by Gasteiger charge is -2.18. The van der Waals surface area contributed by atoms with Crippen LogP contribution in [0.15, 0.2) is 36.4 Å². The van der Waals surface area contributed by atoms with E-state index in [4.69, 9.17) is 0 Å². The zero-order chi connectivity index (χ0) is 18.1. The number of fused-ring (bicyclic) bond motifs is 1. The van der Waals surface area contributed by atoms with Crippen LogP contribution >= 0.6 is 0 Å². The van der Waals surface area contributed by atoms with E-state index in [-0.39, 0.29) is 12.2 Å². The number of pyridine rings is 1. The number of hydrogen-bond donors (Lipinski definition) is 3. The maximum Gasteiger partial charge on any atom is 0.307 e. The number of phenols is 1. The van der Waals surface area contributed by atoms with Gasteiger partial charge in [0.15, 0.2) is 0 Å². The minimum Gasteiger partial charge on any atom is -0.508 e. The molecular formula is C19H17FN2O3. The van der Waals surface area contributed by atoms with Crippen LogP contribution in [-0.2, 0) is 11.2 Å². The second-order valence-corrected chi connectivity index (χ2v) is 5.91. The number of carboxylic acids is 1. The van der Waals surface area contributed by atoms with Crippen LogP contribution in [0.25, 0.3) is 10.9 Å². The minimum absolute atomic E-state index is 0.135. The van der Waals surface area contributed by atoms with Gasteiger partial charge in [-0.25, -0.2) is 4.39 Å². The zero-order valence-corrected chi connectivity index (χ0v) is 13.8. The topological polar surface area (TPSA) is 82.5 Å². The van der Waals surface area contributed by atoms with Gasteiger partial charge in [-0.1, -0.05) is 0 Å². The zero-order valence-electron chi connectivity index (χ0n) is 13.8. The van der Waals surface area contributed by atoms with Crippen LogP contribution in [0.4, 0.5) is 15.8 Å². The molecule has 0 unspecified atom stereocenters. The lowest BCUT2D eigenvalue weighted by molar-refractivity contribution is -0.136. The van der Waals surface area contributed by atoms with Gasteiger partial charge in [-0.05, 0) is 55.8 Å². The number of nitrogens with zero attached hydrogens (tertiary/aromatic N) is 1. The standard InChI is InChI=1S/C19H17FN2O3/c1-10-7-13(23)4-6-16(10)22-19-14(9-18(24)25)11(2)21-17-5-3-12(20)8-15(17)19/h3-8,23H,9H2,1-2H3,(H,21,22)(H,24,25). The highest BCUT2D eigenvalue weighted by atomic mass is 19.1. The van der Waals surface area contributed by atoms with Crippen LogP contribution in [0.1, 0.15) is 16.8 Å². The molecule has 0 radical (unpaired) electrons. The van der Waals surface area contributed by atoms with Crippen LogP contribution in [0, 0.1) is 19.7 Å². The SMILES string of the molecule is Cc1cc(O)ccc1Nc1c(CC(=O)O)c(C)nc2ccc(F)cc12. The fourth-order valence-electron chi connectivity index (χ4n) is 2.83. The number of halogens is 1. The van der Waals surface area contributed by atoms with Crippen molar-refractivity contribution < 1.29 is 19.4 Å². The minimum atomic E-state index is -0.994. The van der Waals surface area contributed by atoms with Gasteiger partial charge in [0.1, 0.15) is 11.6 Å². The average Bonchev–Trinajstić information content (AvgIpc) is 2.53. The van der Waals surface area contributed by atoms with E-state index in [1.165, 1.54) is 18.2 Å². The number of aromatic nitrogens is 1. The van der Waals surface area contributed by atoms with E-state index in [9.17, 15) is 19.4 Å². The summed E-state index contributed by atoms with van der Waals surface area (Å²) in [5.41, 5.74) is 3.63. The first-order valence-corrected chi connectivity index (χ1v) is 7.72. The fourth-order valence-corrected chi connectivity index (χ4v) is 2.83. The molecule has 5 nitrogen and oxygen atoms in total. The lowest BCUT2D eigenvalue weighted by Crippen LogP contribution is -2.08. The van der Waals surface area contributed by atoms with Crippen molar-refractivity contribution in [3.05, 3.63) is 59.0 Å². The summed E-state index contributed by atoms with van der Waals surface area (Å²) in [6.45, 7) is 3.55. The number of aliphatic carboxylic acids is 1. The smallest absolute Gasteiger partial charge is 0.307 e. The molecular weight excluding hydrogens is 323 g/mol. The van der Waals surface area contributed by atoms with Crippen molar-refractivity contribution in [3.8, 4) is 5.75 Å². The Hall–Kier alpha value is -3.15. The molecule has 3 N–H and O–H groups in total. The van der Waals surface area contributed by atoms with Gasteiger partial charge in [-0.2, -0.15) is 0 Å². The Balaban J connectivity index is 2.24. The third-order valence-corrected chi connectivity index (χ3v) is 4.05. The molecule has 0 saturated carbocycles. The van der Waals surface area contributed by atoms with Crippen LogP contribution < -0.4 is 5.32 Å². The molecule has 0 fully saturated rings. The van der Waals surface area contributed by atoms with Gasteiger partial charge in [-0.15, -0.1) is 0 Å². The van der Waals surface area contributed by atoms with Crippen molar-refractivity contribution in [2.45, 2.75) is 20.3 Å². The Bertz CT molecular complexity index is 986. The molecule has 3 rings (SSSR count). The summed E-state index contributed by atoms with van der Waals surface area (Å²) in [6.07, 6.45) is -0.231. The number of benzene rings is 2. The molecule has 0 bridgehead atoms. The first-order chi connectivity index (χ1) is 11.8. The molecule has 6 heteroatoms. The fraction of sp³-hybridized carbons (Fsp3) is 0.158. The van der Waals surface area contributed by atoms with E-state index in [0.717, 1.165) is 5.56 Å². The van der Waals surface area contributed by atoms with Gasteiger partial charge in [-0.3, -0.25) is 9.78 Å². The van der Waals surface area contributed by atoms with Gasteiger partial charge < -0.3 is 15.5 Å². The molecule has 0 aliphatic heterocycles. The number of hydrogen-bond acceptors (Lipinski definition) is 4. The Morgan fingerprint density at radius 2 is 1.96 bits per heavy atom. The Kier molecular flexibility index (Phi) is 4.27. The Morgan fingerprint density at radius 1 is 1.20 bits per heavy atom. The number of anilines is 2. The predicted octanol–water partition coefficient (Wildman–Crippen LogP) is 4.07. The van der Waals surface area contributed by atoms with Crippen molar-refractivity contribution in [2.75, 3.05) is 5.32 Å². The lowest BCUT2D eigenvalue weighted by atomic mass is 10.0. The van der Waals surface area contributed by atoms with Gasteiger partial charge in [0.05, 0.1) is 17.6 Å². The van der Waals surface area contributed by atoms with E-state index in [1.807, 2.05) is 6.92 Å². The molecule has 1 heterocycles. The molecule has 1 aromatic heterocycles. The highest BCUT2D eigenvalue weighted by Crippen LogP contribution is 2.33. The summed E-state index contributed by atoms with van der Waals surface area (Å²) < 4.78 is 13.8. The quantitative estimate of drug-likeness (QED) is 0.624. The summed E-state index contributed by atoms with van der Waals surface area (Å²) >= 11 is 0. The number of aromatic hydroxyl groups is 1. The Labute approximate surface area is 143 Å². The summed E-state index contributed by atoms with van der Waals surface area (Å²) in [5.74, 6) is -1.29. The maximum absolute atomic E-state index is 13.8. The van der Waals surface area contributed by atoms with Crippen LogP contribution in [-0.4, -0.2) is 21.2 Å². The van der Waals surface area contributed by atoms with E-state index < -0.39 is 11.8 Å². The normalized spacial score (nSPS) is 10.8. The second-order valence-electron chi connectivity index (χ2n) is 5.91. The van der Waals surface area contributed by atoms with Gasteiger partial charge in [0, 0.05) is 22.3 Å². The van der Waals surface area contributed by atoms with Crippen molar-refractivity contribution in [2.24, 2.45) is 0 Å². The van der Waals surface area contributed by atoms with Crippen LogP contribution in [0.2, 0.25) is 0 Å². The first-order valence-electron chi connectivity index (χ1n) is 7.72. The van der Waals surface area contributed by atoms with E-state index >= 15 is 0 Å². The van der Waals surface area contributed by atoms with Crippen molar-refractivity contribution in [3.63, 3.8) is 0 Å². The van der Waals surface area contributed by atoms with Gasteiger partial charge >= 0.3 is 5.97 Å². The number of carbonyl (C=O) groups is 1. The van der Waals surface area contributed by atoms with Crippen LogP contribution in [0.3, 0.4) is 0 Å². The molecule has 0 aliphatic rings. The van der Waals surface area contributed by atoms with Gasteiger partial charge in [0.2, 0.25) is 0 Å². The predicted molar refractivity (Wildman–Crippen MR) is 93.9 cm³/mol. The van der Waals surface area contributed by atoms with Crippen molar-refractivity contribution >= 4 is 28.2 Å². The molecule has 0 amide bonds. The van der Waals surface area contributed by atoms with E-state index in [0.29, 0.717) is 33.5 Å². The third-order valence-electron chi connectivity index (χ3n) is 4.05. The second kappa shape index (κ2) is 6.39. The number of carboxylic acid groups (broad SMARTS) is 1. The van der Waals surface area contributed by atoms with Crippen LogP contribution in [0.5, 0.6) is 5.75 Å². The largest absolute Gasteiger partial charge is 0.508 e. The Morgan fingerprint density at radius 3 is 2.64 bits per heavy atom.